The molecule has 2 aromatic carbocycles. The van der Waals surface area contributed by atoms with E-state index in [9.17, 15) is 14.0 Å². The number of H-pyrrole nitrogens is 1. The Hall–Kier alpha value is -4.94. The van der Waals surface area contributed by atoms with Gasteiger partial charge in [-0.1, -0.05) is 18.7 Å². The molecular formula is C32H27F2N5O4S. The average Bonchev–Trinajstić information content (AvgIpc) is 3.77. The molecular weight excluding hydrogens is 588 g/mol. The molecule has 3 aromatic heterocycles. The largest absolute Gasteiger partial charge is 0.490 e. The van der Waals surface area contributed by atoms with Crippen LogP contribution in [-0.2, 0) is 16.1 Å². The van der Waals surface area contributed by atoms with Gasteiger partial charge in [-0.15, -0.1) is 11.3 Å². The van der Waals surface area contributed by atoms with E-state index in [-0.39, 0.29) is 36.3 Å². The van der Waals surface area contributed by atoms with E-state index in [0.29, 0.717) is 56.1 Å². The molecule has 1 aliphatic rings. The van der Waals surface area contributed by atoms with Crippen LogP contribution in [0.3, 0.4) is 0 Å². The van der Waals surface area contributed by atoms with Gasteiger partial charge in [-0.25, -0.2) is 13.8 Å². The summed E-state index contributed by atoms with van der Waals surface area (Å²) in [7, 11) is 1.50. The first-order valence-electron chi connectivity index (χ1n) is 13.7. The molecule has 0 saturated carbocycles. The molecule has 0 unspecified atom stereocenters. The third kappa shape index (κ3) is 5.33. The first kappa shape index (κ1) is 29.1. The minimum atomic E-state index is -0.834. The molecule has 0 saturated heterocycles. The van der Waals surface area contributed by atoms with Gasteiger partial charge in [-0.3, -0.25) is 14.7 Å². The number of hydrogen-bond donors (Lipinski definition) is 3. The Morgan fingerprint density at radius 3 is 2.80 bits per heavy atom. The number of nitrogens with zero attached hydrogens (tertiary/aromatic N) is 2. The topological polar surface area (TPSA) is 118 Å². The normalized spacial score (nSPS) is 13.0. The molecule has 4 heterocycles. The second kappa shape index (κ2) is 12.0. The molecule has 0 spiro atoms. The number of fused-ring (bicyclic) bond motifs is 2. The number of rotatable bonds is 10. The van der Waals surface area contributed by atoms with Gasteiger partial charge in [-0.2, -0.15) is 5.10 Å². The van der Waals surface area contributed by atoms with Crippen LogP contribution in [0.2, 0.25) is 0 Å². The summed E-state index contributed by atoms with van der Waals surface area (Å²) in [4.78, 5) is 29.5. The SMILES string of the molecule is C=CC(=O)N[C@H](C)c1cc(-c2nc(-c3ccc4c(c3)C(=O)NC4)c3ccsc3c2-c2c(F)cc(F)cc2OCCOC)n[nH]1. The van der Waals surface area contributed by atoms with E-state index in [0.717, 1.165) is 17.7 Å². The maximum Gasteiger partial charge on any atom is 0.251 e. The van der Waals surface area contributed by atoms with Gasteiger partial charge in [0.05, 0.1) is 29.6 Å². The van der Waals surface area contributed by atoms with Gasteiger partial charge in [0.15, 0.2) is 0 Å². The van der Waals surface area contributed by atoms with Crippen LogP contribution in [-0.4, -0.2) is 47.3 Å². The van der Waals surface area contributed by atoms with E-state index in [1.165, 1.54) is 24.5 Å². The number of carbonyl (C=O) groups excluding carboxylic acids is 2. The molecule has 12 heteroatoms. The number of ether oxygens (including phenoxy) is 2. The molecule has 6 rings (SSSR count). The predicted molar refractivity (Wildman–Crippen MR) is 163 cm³/mol. The Morgan fingerprint density at radius 2 is 2.00 bits per heavy atom. The third-order valence-corrected chi connectivity index (χ3v) is 8.27. The molecule has 0 radical (unpaired) electrons. The van der Waals surface area contributed by atoms with Crippen molar-refractivity contribution in [2.75, 3.05) is 20.3 Å². The van der Waals surface area contributed by atoms with Gasteiger partial charge in [0, 0.05) is 52.6 Å². The van der Waals surface area contributed by atoms with Crippen molar-refractivity contribution in [3.05, 3.63) is 89.0 Å². The van der Waals surface area contributed by atoms with Crippen LogP contribution < -0.4 is 15.4 Å². The van der Waals surface area contributed by atoms with E-state index in [4.69, 9.17) is 14.5 Å². The molecule has 5 aromatic rings. The van der Waals surface area contributed by atoms with Crippen LogP contribution >= 0.6 is 11.3 Å². The molecule has 9 nitrogen and oxygen atoms in total. The lowest BCUT2D eigenvalue weighted by molar-refractivity contribution is -0.117. The van der Waals surface area contributed by atoms with E-state index in [2.05, 4.69) is 27.4 Å². The van der Waals surface area contributed by atoms with Crippen molar-refractivity contribution in [2.45, 2.75) is 19.5 Å². The summed E-state index contributed by atoms with van der Waals surface area (Å²) in [6.07, 6.45) is 1.17. The van der Waals surface area contributed by atoms with Crippen molar-refractivity contribution in [2.24, 2.45) is 0 Å². The highest BCUT2D eigenvalue weighted by Gasteiger charge is 2.28. The number of hydrogen-bond acceptors (Lipinski definition) is 7. The molecule has 1 atom stereocenters. The number of carbonyl (C=O) groups is 2. The zero-order valence-electron chi connectivity index (χ0n) is 23.8. The maximum atomic E-state index is 15.9. The molecule has 0 aliphatic carbocycles. The number of thiophene rings is 1. The summed E-state index contributed by atoms with van der Waals surface area (Å²) >= 11 is 1.36. The van der Waals surface area contributed by atoms with Crippen molar-refractivity contribution in [3.63, 3.8) is 0 Å². The summed E-state index contributed by atoms with van der Waals surface area (Å²) in [6.45, 7) is 5.98. The third-order valence-electron chi connectivity index (χ3n) is 7.34. The lowest BCUT2D eigenvalue weighted by atomic mass is 9.95. The first-order valence-corrected chi connectivity index (χ1v) is 14.6. The monoisotopic (exact) mass is 615 g/mol. The summed E-state index contributed by atoms with van der Waals surface area (Å²) in [6, 6.07) is 10.6. The number of nitrogens with one attached hydrogen (secondary N) is 3. The summed E-state index contributed by atoms with van der Waals surface area (Å²) < 4.78 is 41.9. The summed E-state index contributed by atoms with van der Waals surface area (Å²) in [5.41, 5.74) is 4.31. The number of methoxy groups -OCH3 is 1. The van der Waals surface area contributed by atoms with Gasteiger partial charge < -0.3 is 20.1 Å². The fourth-order valence-corrected chi connectivity index (χ4v) is 6.14. The lowest BCUT2D eigenvalue weighted by Crippen LogP contribution is -2.24. The second-order valence-corrected chi connectivity index (χ2v) is 11.1. The van der Waals surface area contributed by atoms with Crippen LogP contribution in [0, 0.1) is 11.6 Å². The van der Waals surface area contributed by atoms with Crippen molar-refractivity contribution in [1.29, 1.82) is 0 Å². The van der Waals surface area contributed by atoms with Crippen LogP contribution in [0.25, 0.3) is 43.9 Å². The molecule has 0 fully saturated rings. The number of aromatic amines is 1. The average molecular weight is 616 g/mol. The fraction of sp³-hybridized carbons (Fsp3) is 0.188. The highest BCUT2D eigenvalue weighted by atomic mass is 32.1. The lowest BCUT2D eigenvalue weighted by Gasteiger charge is -2.17. The number of aromatic nitrogens is 3. The van der Waals surface area contributed by atoms with E-state index < -0.39 is 17.7 Å². The Balaban J connectivity index is 1.61. The zero-order chi connectivity index (χ0) is 31.0. The minimum absolute atomic E-state index is 0.0124. The Morgan fingerprint density at radius 1 is 1.16 bits per heavy atom. The molecule has 44 heavy (non-hydrogen) atoms. The van der Waals surface area contributed by atoms with Crippen LogP contribution in [0.5, 0.6) is 5.75 Å². The van der Waals surface area contributed by atoms with Crippen molar-refractivity contribution in [3.8, 4) is 39.5 Å². The first-order chi connectivity index (χ1) is 21.3. The highest BCUT2D eigenvalue weighted by molar-refractivity contribution is 7.18. The van der Waals surface area contributed by atoms with Crippen LogP contribution in [0.15, 0.2) is 60.5 Å². The van der Waals surface area contributed by atoms with Gasteiger partial charge >= 0.3 is 0 Å². The number of amides is 2. The Labute approximate surface area is 254 Å². The number of benzene rings is 2. The summed E-state index contributed by atoms with van der Waals surface area (Å²) in [5.74, 6) is -2.17. The zero-order valence-corrected chi connectivity index (χ0v) is 24.6. The standard InChI is InChI=1S/C32H27F2N5O4S/c1-4-26(40)36-16(2)23-14-24(39-38-23)30-28(27-22(34)12-19(33)13-25(27)43-9-8-42-3)31-20(7-10-44-31)29(37-30)17-5-6-18-15-35-32(41)21(18)11-17/h4-7,10-14,16H,1,8-9,15H2,2-3H3,(H,35,41)(H,36,40)(H,38,39)/t16-/m1/s1. The van der Waals surface area contributed by atoms with Crippen molar-refractivity contribution < 1.29 is 27.8 Å². The molecule has 0 bridgehead atoms. The highest BCUT2D eigenvalue weighted by Crippen LogP contribution is 2.47. The van der Waals surface area contributed by atoms with Crippen molar-refractivity contribution >= 4 is 33.2 Å². The number of pyridine rings is 1. The van der Waals surface area contributed by atoms with E-state index in [1.807, 2.05) is 23.6 Å². The van der Waals surface area contributed by atoms with E-state index in [1.54, 1.807) is 19.1 Å². The van der Waals surface area contributed by atoms with Crippen LogP contribution in [0.1, 0.15) is 34.6 Å². The van der Waals surface area contributed by atoms with Gasteiger partial charge in [0.25, 0.3) is 5.91 Å². The van der Waals surface area contributed by atoms with Gasteiger partial charge in [0.2, 0.25) is 5.91 Å². The quantitative estimate of drug-likeness (QED) is 0.132. The fourth-order valence-electron chi connectivity index (χ4n) is 5.19. The molecule has 1 aliphatic heterocycles. The van der Waals surface area contributed by atoms with Gasteiger partial charge in [-0.05, 0) is 42.1 Å². The maximum absolute atomic E-state index is 15.9. The Bertz CT molecular complexity index is 1940. The Kier molecular flexibility index (Phi) is 7.93. The summed E-state index contributed by atoms with van der Waals surface area (Å²) in [5, 5.41) is 15.6. The molecule has 3 N–H and O–H groups in total. The van der Waals surface area contributed by atoms with Crippen molar-refractivity contribution in [1.82, 2.24) is 25.8 Å². The minimum Gasteiger partial charge on any atom is -0.490 e. The van der Waals surface area contributed by atoms with E-state index >= 15 is 4.39 Å². The molecule has 2 amide bonds. The predicted octanol–water partition coefficient (Wildman–Crippen LogP) is 5.93. The van der Waals surface area contributed by atoms with Crippen LogP contribution in [0.4, 0.5) is 8.78 Å². The molecule has 224 valence electrons. The second-order valence-electron chi connectivity index (χ2n) is 10.1. The van der Waals surface area contributed by atoms with Gasteiger partial charge in [0.1, 0.15) is 35.4 Å². The smallest absolute Gasteiger partial charge is 0.251 e. The number of halogens is 2.